The minimum Gasteiger partial charge on any atom is -0.497 e. The van der Waals surface area contributed by atoms with Gasteiger partial charge in [0, 0.05) is 24.4 Å². The van der Waals surface area contributed by atoms with Gasteiger partial charge in [-0.2, -0.15) is 0 Å². The molecule has 3 atom stereocenters. The molecule has 0 spiro atoms. The molecule has 2 heterocycles. The molecule has 1 aromatic carbocycles. The highest BCUT2D eigenvalue weighted by Gasteiger charge is 2.27. The van der Waals surface area contributed by atoms with Gasteiger partial charge in [-0.25, -0.2) is 0 Å². The van der Waals surface area contributed by atoms with Crippen molar-refractivity contribution in [1.29, 1.82) is 0 Å². The van der Waals surface area contributed by atoms with Crippen molar-refractivity contribution in [3.8, 4) is 17.6 Å². The van der Waals surface area contributed by atoms with Crippen LogP contribution < -0.4 is 9.64 Å². The summed E-state index contributed by atoms with van der Waals surface area (Å²) in [6, 6.07) is 12.6. The summed E-state index contributed by atoms with van der Waals surface area (Å²) in [6.45, 7) is 3.70. The van der Waals surface area contributed by atoms with Crippen LogP contribution in [-0.4, -0.2) is 35.9 Å². The summed E-state index contributed by atoms with van der Waals surface area (Å²) >= 11 is 0. The number of nitrogens with one attached hydrogen (secondary N) is 1. The number of hydrogen-bond acceptors (Lipinski definition) is 3. The molecule has 0 bridgehead atoms. The second-order valence-corrected chi connectivity index (χ2v) is 7.84. The third-order valence-electron chi connectivity index (χ3n) is 5.55. The highest BCUT2D eigenvalue weighted by atomic mass is 16.5. The van der Waals surface area contributed by atoms with E-state index in [0.29, 0.717) is 12.5 Å². The lowest BCUT2D eigenvalue weighted by atomic mass is 9.96. The summed E-state index contributed by atoms with van der Waals surface area (Å²) in [4.78, 5) is 5.76. The molecule has 1 fully saturated rings. The van der Waals surface area contributed by atoms with Crippen LogP contribution in [-0.2, 0) is 6.42 Å². The van der Waals surface area contributed by atoms with Crippen molar-refractivity contribution in [3.63, 3.8) is 0 Å². The Morgan fingerprint density at radius 2 is 2.07 bits per heavy atom. The van der Waals surface area contributed by atoms with E-state index in [-0.39, 0.29) is 0 Å². The Morgan fingerprint density at radius 3 is 2.79 bits per heavy atom. The van der Waals surface area contributed by atoms with Crippen LogP contribution in [0.3, 0.4) is 0 Å². The van der Waals surface area contributed by atoms with E-state index >= 15 is 0 Å². The Morgan fingerprint density at radius 1 is 1.25 bits per heavy atom. The summed E-state index contributed by atoms with van der Waals surface area (Å²) in [6.07, 6.45) is 8.89. The lowest BCUT2D eigenvalue weighted by molar-refractivity contribution is -0.930. The fourth-order valence-electron chi connectivity index (χ4n) is 3.87. The predicted molar refractivity (Wildman–Crippen MR) is 111 cm³/mol. The zero-order valence-electron chi connectivity index (χ0n) is 16.9. The molecule has 1 aromatic heterocycles. The Bertz CT molecular complexity index is 791. The van der Waals surface area contributed by atoms with Crippen LogP contribution in [0.4, 0.5) is 0 Å². The predicted octanol–water partition coefficient (Wildman–Crippen LogP) is 2.59. The molecule has 0 radical (unpaired) electrons. The first-order chi connectivity index (χ1) is 13.6. The van der Waals surface area contributed by atoms with E-state index in [4.69, 9.17) is 4.74 Å². The van der Waals surface area contributed by atoms with Gasteiger partial charge in [0.2, 0.25) is 0 Å². The average Bonchev–Trinajstić information content (AvgIpc) is 2.73. The molecule has 1 unspecified atom stereocenters. The molecule has 28 heavy (non-hydrogen) atoms. The van der Waals surface area contributed by atoms with Crippen LogP contribution in [0.1, 0.15) is 49.8 Å². The SMILES string of the molecule is COc1ccc(CC[C@@](C)(O)C#CC[NH+]2CCCC[C@@H]2c2cccnc2)cc1. The molecule has 4 heteroatoms. The van der Waals surface area contributed by atoms with Crippen LogP contribution in [0.15, 0.2) is 48.8 Å². The van der Waals surface area contributed by atoms with E-state index in [9.17, 15) is 5.11 Å². The van der Waals surface area contributed by atoms with E-state index in [0.717, 1.165) is 25.3 Å². The van der Waals surface area contributed by atoms with E-state index in [1.54, 1.807) is 7.11 Å². The van der Waals surface area contributed by atoms with Gasteiger partial charge < -0.3 is 14.7 Å². The molecule has 1 aliphatic rings. The number of quaternary nitrogens is 1. The van der Waals surface area contributed by atoms with Crippen molar-refractivity contribution in [2.45, 2.75) is 50.7 Å². The molecular formula is C24H31N2O2+. The molecule has 148 valence electrons. The van der Waals surface area contributed by atoms with Gasteiger partial charge in [0.15, 0.2) is 0 Å². The highest BCUT2D eigenvalue weighted by Crippen LogP contribution is 2.19. The Hall–Kier alpha value is -2.35. The highest BCUT2D eigenvalue weighted by molar-refractivity contribution is 5.27. The number of aliphatic hydroxyl groups is 1. The summed E-state index contributed by atoms with van der Waals surface area (Å²) in [5.74, 6) is 7.24. The molecule has 0 aliphatic carbocycles. The van der Waals surface area contributed by atoms with E-state index < -0.39 is 5.60 Å². The third kappa shape index (κ3) is 5.82. The van der Waals surface area contributed by atoms with Gasteiger partial charge in [-0.05, 0) is 62.3 Å². The number of piperidine rings is 1. The largest absolute Gasteiger partial charge is 0.497 e. The average molecular weight is 380 g/mol. The zero-order chi connectivity index (χ0) is 19.8. The number of ether oxygens (including phenoxy) is 1. The number of rotatable bonds is 6. The Kier molecular flexibility index (Phi) is 7.08. The maximum atomic E-state index is 10.7. The first-order valence-electron chi connectivity index (χ1n) is 10.2. The van der Waals surface area contributed by atoms with Crippen molar-refractivity contribution in [3.05, 3.63) is 59.9 Å². The van der Waals surface area contributed by atoms with Gasteiger partial charge in [0.25, 0.3) is 0 Å². The summed E-state index contributed by atoms with van der Waals surface area (Å²) in [5.41, 5.74) is 1.50. The Labute approximate surface area is 168 Å². The zero-order valence-corrected chi connectivity index (χ0v) is 16.9. The number of aryl methyl sites for hydroxylation is 1. The summed E-state index contributed by atoms with van der Waals surface area (Å²) < 4.78 is 5.19. The van der Waals surface area contributed by atoms with Crippen molar-refractivity contribution >= 4 is 0 Å². The van der Waals surface area contributed by atoms with Gasteiger partial charge in [-0.1, -0.05) is 24.1 Å². The molecule has 2 N–H and O–H groups in total. The smallest absolute Gasteiger partial charge is 0.139 e. The second-order valence-electron chi connectivity index (χ2n) is 7.84. The van der Waals surface area contributed by atoms with Crippen molar-refractivity contribution < 1.29 is 14.7 Å². The van der Waals surface area contributed by atoms with Crippen LogP contribution in [0.5, 0.6) is 5.75 Å². The van der Waals surface area contributed by atoms with Gasteiger partial charge in [0.05, 0.1) is 13.7 Å². The van der Waals surface area contributed by atoms with E-state index in [1.807, 2.05) is 49.6 Å². The molecular weight excluding hydrogens is 348 g/mol. The lowest BCUT2D eigenvalue weighted by Crippen LogP contribution is -3.13. The number of pyridine rings is 1. The molecule has 0 saturated carbocycles. The van der Waals surface area contributed by atoms with Gasteiger partial charge >= 0.3 is 0 Å². The number of aromatic nitrogens is 1. The van der Waals surface area contributed by atoms with E-state index in [2.05, 4.69) is 22.9 Å². The lowest BCUT2D eigenvalue weighted by Gasteiger charge is -2.31. The fourth-order valence-corrected chi connectivity index (χ4v) is 3.87. The number of likely N-dealkylation sites (tertiary alicyclic amines) is 1. The summed E-state index contributed by atoms with van der Waals surface area (Å²) in [7, 11) is 1.67. The molecule has 2 aromatic rings. The topological polar surface area (TPSA) is 46.8 Å². The second kappa shape index (κ2) is 9.73. The van der Waals surface area contributed by atoms with Crippen LogP contribution in [0.25, 0.3) is 0 Å². The van der Waals surface area contributed by atoms with Crippen LogP contribution >= 0.6 is 0 Å². The standard InChI is InChI=1S/C24H30N2O2/c1-24(27,15-13-20-9-11-22(28-2)12-10-20)14-6-18-26-17-4-3-8-23(26)21-7-5-16-25-19-21/h5,7,9-12,16,19,23,27H,3-4,8,13,15,17-18H2,1-2H3/p+1/t23-,24+/m1/s1. The fraction of sp³-hybridized carbons (Fsp3) is 0.458. The molecule has 1 saturated heterocycles. The number of nitrogens with zero attached hydrogens (tertiary/aromatic N) is 1. The molecule has 3 rings (SSSR count). The first kappa shape index (κ1) is 20.4. The number of benzene rings is 1. The third-order valence-corrected chi connectivity index (χ3v) is 5.55. The van der Waals surface area contributed by atoms with Crippen LogP contribution in [0.2, 0.25) is 0 Å². The minimum absolute atomic E-state index is 0.459. The van der Waals surface area contributed by atoms with Crippen LogP contribution in [0, 0.1) is 11.8 Å². The quantitative estimate of drug-likeness (QED) is 0.759. The molecule has 4 nitrogen and oxygen atoms in total. The number of methoxy groups -OCH3 is 1. The first-order valence-corrected chi connectivity index (χ1v) is 10.2. The van der Waals surface area contributed by atoms with Crippen molar-refractivity contribution in [2.24, 2.45) is 0 Å². The van der Waals surface area contributed by atoms with Gasteiger partial charge in [-0.3, -0.25) is 4.98 Å². The van der Waals surface area contributed by atoms with Crippen molar-refractivity contribution in [2.75, 3.05) is 20.2 Å². The maximum absolute atomic E-state index is 10.7. The normalized spacial score (nSPS) is 21.2. The van der Waals surface area contributed by atoms with Crippen molar-refractivity contribution in [1.82, 2.24) is 4.98 Å². The summed E-state index contributed by atoms with van der Waals surface area (Å²) in [5, 5.41) is 10.7. The number of hydrogen-bond donors (Lipinski definition) is 2. The van der Waals surface area contributed by atoms with Gasteiger partial charge in [-0.15, -0.1) is 0 Å². The minimum atomic E-state index is -0.973. The van der Waals surface area contributed by atoms with E-state index in [1.165, 1.54) is 35.3 Å². The maximum Gasteiger partial charge on any atom is 0.139 e. The van der Waals surface area contributed by atoms with Gasteiger partial charge in [0.1, 0.15) is 23.9 Å². The molecule has 0 amide bonds. The Balaban J connectivity index is 1.56. The molecule has 1 aliphatic heterocycles. The monoisotopic (exact) mass is 379 g/mol.